The molecule has 2 heterocycles. The van der Waals surface area contributed by atoms with Crippen molar-refractivity contribution in [2.24, 2.45) is 0 Å². The summed E-state index contributed by atoms with van der Waals surface area (Å²) in [5.74, 6) is 2.52. The summed E-state index contributed by atoms with van der Waals surface area (Å²) in [7, 11) is 4.64. The second-order valence-corrected chi connectivity index (χ2v) is 8.60. The highest BCUT2D eigenvalue weighted by Crippen LogP contribution is 2.40. The molecule has 3 rings (SSSR count). The number of hydrogen-bond acceptors (Lipinski definition) is 10. The van der Waals surface area contributed by atoms with Gasteiger partial charge in [0.25, 0.3) is 5.91 Å². The minimum Gasteiger partial charge on any atom is -0.493 e. The Morgan fingerprint density at radius 3 is 2.28 bits per heavy atom. The van der Waals surface area contributed by atoms with Gasteiger partial charge in [-0.15, -0.1) is 0 Å². The van der Waals surface area contributed by atoms with Gasteiger partial charge in [-0.05, 0) is 46.8 Å². The maximum Gasteiger partial charge on any atom is 0.267 e. The zero-order valence-corrected chi connectivity index (χ0v) is 21.8. The lowest BCUT2D eigenvalue weighted by atomic mass is 10.1. The van der Waals surface area contributed by atoms with Crippen LogP contribution in [0.25, 0.3) is 0 Å². The maximum absolute atomic E-state index is 12.1. The van der Waals surface area contributed by atoms with E-state index >= 15 is 0 Å². The van der Waals surface area contributed by atoms with Crippen molar-refractivity contribution >= 4 is 23.5 Å². The standard InChI is InChI=1S/C25H32N6O5/c1-14(2)17(9-10-18-15(3)28-22(32)25(4,5)36-18)30-24-27-13-26-23(31-24)29-16-11-19(33-6)21(35-8)20(12-16)34-7/h9-13H,1-8H3,(H,28,32)(H2,26,27,29,30,31)/b10-9-. The number of carbonyl (C=O) groups excluding carboxylic acids is 1. The van der Waals surface area contributed by atoms with E-state index in [1.165, 1.54) is 6.33 Å². The summed E-state index contributed by atoms with van der Waals surface area (Å²) < 4.78 is 22.0. The van der Waals surface area contributed by atoms with Crippen molar-refractivity contribution in [3.63, 3.8) is 0 Å². The summed E-state index contributed by atoms with van der Waals surface area (Å²) in [6.07, 6.45) is 5.04. The molecule has 0 fully saturated rings. The maximum atomic E-state index is 12.1. The largest absolute Gasteiger partial charge is 0.493 e. The van der Waals surface area contributed by atoms with Crippen LogP contribution in [0.4, 0.5) is 17.6 Å². The number of ether oxygens (including phenoxy) is 4. The number of aromatic nitrogens is 3. The van der Waals surface area contributed by atoms with Crippen LogP contribution >= 0.6 is 0 Å². The average Bonchev–Trinajstić information content (AvgIpc) is 2.84. The Bertz CT molecular complexity index is 1210. The number of amides is 1. The Balaban J connectivity index is 1.81. The molecule has 1 aromatic heterocycles. The summed E-state index contributed by atoms with van der Waals surface area (Å²) in [5, 5.41) is 9.18. The fourth-order valence-corrected chi connectivity index (χ4v) is 3.25. The summed E-state index contributed by atoms with van der Waals surface area (Å²) in [6, 6.07) is 3.51. The summed E-state index contributed by atoms with van der Waals surface area (Å²) in [4.78, 5) is 25.0. The van der Waals surface area contributed by atoms with Crippen LogP contribution in [0.2, 0.25) is 0 Å². The molecule has 0 saturated heterocycles. The van der Waals surface area contributed by atoms with E-state index in [0.717, 1.165) is 11.3 Å². The van der Waals surface area contributed by atoms with Gasteiger partial charge in [0.1, 0.15) is 12.1 Å². The Labute approximate surface area is 210 Å². The van der Waals surface area contributed by atoms with Gasteiger partial charge in [0.05, 0.1) is 27.0 Å². The molecular formula is C25H32N6O5. The third kappa shape index (κ3) is 6.04. The van der Waals surface area contributed by atoms with E-state index < -0.39 is 5.60 Å². The van der Waals surface area contributed by atoms with Gasteiger partial charge in [0.2, 0.25) is 17.6 Å². The minimum absolute atomic E-state index is 0.185. The quantitative estimate of drug-likeness (QED) is 0.437. The minimum atomic E-state index is -0.959. The highest BCUT2D eigenvalue weighted by atomic mass is 16.5. The number of nitrogens with one attached hydrogen (secondary N) is 3. The van der Waals surface area contributed by atoms with Crippen LogP contribution < -0.4 is 30.2 Å². The third-order valence-corrected chi connectivity index (χ3v) is 5.26. The molecule has 0 radical (unpaired) electrons. The van der Waals surface area contributed by atoms with E-state index in [9.17, 15) is 4.79 Å². The van der Waals surface area contributed by atoms with E-state index in [2.05, 4.69) is 30.9 Å². The molecule has 11 nitrogen and oxygen atoms in total. The van der Waals surface area contributed by atoms with Crippen molar-refractivity contribution < 1.29 is 23.7 Å². The molecule has 1 aliphatic rings. The normalized spacial score (nSPS) is 14.6. The van der Waals surface area contributed by atoms with E-state index in [1.54, 1.807) is 60.3 Å². The first-order valence-corrected chi connectivity index (χ1v) is 11.2. The molecule has 36 heavy (non-hydrogen) atoms. The number of benzene rings is 1. The molecule has 2 aromatic rings. The molecule has 0 unspecified atom stereocenters. The topological polar surface area (TPSA) is 129 Å². The van der Waals surface area contributed by atoms with Crippen molar-refractivity contribution in [3.8, 4) is 17.2 Å². The highest BCUT2D eigenvalue weighted by molar-refractivity contribution is 5.87. The van der Waals surface area contributed by atoms with Gasteiger partial charge in [0.15, 0.2) is 17.1 Å². The van der Waals surface area contributed by atoms with Crippen LogP contribution in [-0.4, -0.2) is 47.8 Å². The zero-order valence-electron chi connectivity index (χ0n) is 21.8. The molecule has 0 saturated carbocycles. The van der Waals surface area contributed by atoms with E-state index in [-0.39, 0.29) is 5.91 Å². The predicted molar refractivity (Wildman–Crippen MR) is 136 cm³/mol. The van der Waals surface area contributed by atoms with Gasteiger partial charge in [-0.2, -0.15) is 4.98 Å². The van der Waals surface area contributed by atoms with Crippen LogP contribution in [0.5, 0.6) is 17.2 Å². The molecule has 0 atom stereocenters. The lowest BCUT2D eigenvalue weighted by molar-refractivity contribution is -0.139. The van der Waals surface area contributed by atoms with Crippen LogP contribution in [0, 0.1) is 0 Å². The number of anilines is 3. The molecule has 192 valence electrons. The average molecular weight is 497 g/mol. The number of nitrogens with zero attached hydrogens (tertiary/aromatic N) is 3. The van der Waals surface area contributed by atoms with E-state index in [1.807, 2.05) is 19.9 Å². The molecule has 11 heteroatoms. The smallest absolute Gasteiger partial charge is 0.267 e. The number of carbonyl (C=O) groups is 1. The number of hydrogen-bond donors (Lipinski definition) is 3. The summed E-state index contributed by atoms with van der Waals surface area (Å²) in [5.41, 5.74) is 2.08. The van der Waals surface area contributed by atoms with Crippen molar-refractivity contribution in [2.75, 3.05) is 32.0 Å². The SMILES string of the molecule is COc1cc(Nc2ncnc(NC(/C=C\C3=C(C)NC(=O)C(C)(C)O3)=C(C)C)n2)cc(OC)c1OC. The van der Waals surface area contributed by atoms with Crippen molar-refractivity contribution in [1.29, 1.82) is 0 Å². The molecule has 0 aliphatic carbocycles. The summed E-state index contributed by atoms with van der Waals surface area (Å²) in [6.45, 7) is 9.14. The fraction of sp³-hybridized carbons (Fsp3) is 0.360. The molecule has 0 bridgehead atoms. The van der Waals surface area contributed by atoms with Gasteiger partial charge in [-0.3, -0.25) is 4.79 Å². The van der Waals surface area contributed by atoms with Gasteiger partial charge in [0, 0.05) is 23.5 Å². The van der Waals surface area contributed by atoms with E-state index in [4.69, 9.17) is 18.9 Å². The van der Waals surface area contributed by atoms with Crippen molar-refractivity contribution in [2.45, 2.75) is 40.2 Å². The Morgan fingerprint density at radius 2 is 1.69 bits per heavy atom. The monoisotopic (exact) mass is 496 g/mol. The van der Waals surface area contributed by atoms with Gasteiger partial charge < -0.3 is 34.9 Å². The molecule has 1 aromatic carbocycles. The Morgan fingerprint density at radius 1 is 1.06 bits per heavy atom. The van der Waals surface area contributed by atoms with Crippen LogP contribution in [-0.2, 0) is 9.53 Å². The Hall–Kier alpha value is -4.28. The number of methoxy groups -OCH3 is 3. The molecule has 0 spiro atoms. The zero-order chi connectivity index (χ0) is 26.5. The lowest BCUT2D eigenvalue weighted by Crippen LogP contribution is -2.47. The van der Waals surface area contributed by atoms with Crippen LogP contribution in [0.1, 0.15) is 34.6 Å². The van der Waals surface area contributed by atoms with Gasteiger partial charge in [-0.25, -0.2) is 9.97 Å². The highest BCUT2D eigenvalue weighted by Gasteiger charge is 2.34. The molecule has 3 N–H and O–H groups in total. The van der Waals surface area contributed by atoms with Gasteiger partial charge >= 0.3 is 0 Å². The Kier molecular flexibility index (Phi) is 8.03. The fourth-order valence-electron chi connectivity index (χ4n) is 3.25. The predicted octanol–water partition coefficient (Wildman–Crippen LogP) is 4.06. The van der Waals surface area contributed by atoms with Crippen molar-refractivity contribution in [3.05, 3.63) is 53.3 Å². The van der Waals surface area contributed by atoms with Gasteiger partial charge in [-0.1, -0.05) is 5.57 Å². The second kappa shape index (κ2) is 11.0. The molecule has 1 amide bonds. The summed E-state index contributed by atoms with van der Waals surface area (Å²) >= 11 is 0. The molecular weight excluding hydrogens is 464 g/mol. The number of rotatable bonds is 9. The van der Waals surface area contributed by atoms with Crippen LogP contribution in [0.3, 0.4) is 0 Å². The first kappa shape index (κ1) is 26.3. The van der Waals surface area contributed by atoms with Crippen molar-refractivity contribution in [1.82, 2.24) is 20.3 Å². The second-order valence-electron chi connectivity index (χ2n) is 8.60. The van der Waals surface area contributed by atoms with Crippen LogP contribution in [0.15, 0.2) is 53.3 Å². The lowest BCUT2D eigenvalue weighted by Gasteiger charge is -2.31. The first-order chi connectivity index (χ1) is 17.1. The first-order valence-electron chi connectivity index (χ1n) is 11.2. The van der Waals surface area contributed by atoms with E-state index in [0.29, 0.717) is 46.3 Å². The third-order valence-electron chi connectivity index (χ3n) is 5.26. The number of allylic oxidation sites excluding steroid dienone is 4. The molecule has 1 aliphatic heterocycles.